The molecule has 0 bridgehead atoms. The van der Waals surface area contributed by atoms with E-state index in [-0.39, 0.29) is 0 Å². The fourth-order valence-corrected chi connectivity index (χ4v) is 3.20. The van der Waals surface area contributed by atoms with Crippen LogP contribution in [0.1, 0.15) is 43.8 Å². The molecular formula is C13H15IN2. The fraction of sp³-hybridized carbons (Fsp3) is 0.462. The van der Waals surface area contributed by atoms with E-state index in [9.17, 15) is 0 Å². The summed E-state index contributed by atoms with van der Waals surface area (Å²) in [7, 11) is 0. The molecule has 0 unspecified atom stereocenters. The molecule has 0 spiro atoms. The van der Waals surface area contributed by atoms with Gasteiger partial charge in [-0.2, -0.15) is 0 Å². The number of fused-ring (bicyclic) bond motifs is 1. The zero-order valence-electron chi connectivity index (χ0n) is 9.17. The van der Waals surface area contributed by atoms with Crippen LogP contribution in [0.25, 0.3) is 11.0 Å². The standard InChI is InChI=1S/C13H15IN2/c14-10-7-4-8-11-12(10)16-13(15-11)9-5-2-1-3-6-9/h4,7-9H,1-3,5-6H2,(H,15,16). The SMILES string of the molecule is Ic1cccc2[nH]c(C3CCCCC3)nc12. The number of hydrogen-bond donors (Lipinski definition) is 1. The molecule has 1 N–H and O–H groups in total. The van der Waals surface area contributed by atoms with Gasteiger partial charge in [-0.1, -0.05) is 25.3 Å². The number of nitrogens with one attached hydrogen (secondary N) is 1. The molecule has 3 heteroatoms. The third-order valence-corrected chi connectivity index (χ3v) is 4.34. The van der Waals surface area contributed by atoms with Gasteiger partial charge in [0.05, 0.1) is 5.52 Å². The van der Waals surface area contributed by atoms with Crippen LogP contribution in [0.2, 0.25) is 0 Å². The molecule has 0 atom stereocenters. The quantitative estimate of drug-likeness (QED) is 0.781. The molecule has 0 amide bonds. The van der Waals surface area contributed by atoms with Gasteiger partial charge in [0.15, 0.2) is 0 Å². The molecular weight excluding hydrogens is 311 g/mol. The van der Waals surface area contributed by atoms with E-state index < -0.39 is 0 Å². The molecule has 1 aromatic carbocycles. The van der Waals surface area contributed by atoms with Crippen LogP contribution in [0.3, 0.4) is 0 Å². The van der Waals surface area contributed by atoms with Crippen molar-refractivity contribution in [3.8, 4) is 0 Å². The molecule has 2 nitrogen and oxygen atoms in total. The number of H-pyrrole nitrogens is 1. The summed E-state index contributed by atoms with van der Waals surface area (Å²) in [6.07, 6.45) is 6.72. The van der Waals surface area contributed by atoms with Gasteiger partial charge < -0.3 is 4.98 Å². The lowest BCUT2D eigenvalue weighted by atomic mass is 9.89. The molecule has 1 fully saturated rings. The molecule has 3 rings (SSSR count). The summed E-state index contributed by atoms with van der Waals surface area (Å²) >= 11 is 2.36. The first-order valence-corrected chi connectivity index (χ1v) is 7.06. The van der Waals surface area contributed by atoms with Crippen molar-refractivity contribution < 1.29 is 0 Å². The van der Waals surface area contributed by atoms with Crippen LogP contribution in [0.4, 0.5) is 0 Å². The van der Waals surface area contributed by atoms with Gasteiger partial charge in [-0.05, 0) is 47.6 Å². The van der Waals surface area contributed by atoms with Crippen molar-refractivity contribution in [3.63, 3.8) is 0 Å². The minimum absolute atomic E-state index is 0.664. The summed E-state index contributed by atoms with van der Waals surface area (Å²) in [5.74, 6) is 1.87. The number of hydrogen-bond acceptors (Lipinski definition) is 1. The largest absolute Gasteiger partial charge is 0.342 e. The molecule has 0 saturated heterocycles. The van der Waals surface area contributed by atoms with E-state index in [0.29, 0.717) is 5.92 Å². The molecule has 84 valence electrons. The summed E-state index contributed by atoms with van der Waals surface area (Å²) < 4.78 is 1.24. The van der Waals surface area contributed by atoms with Crippen LogP contribution in [0.5, 0.6) is 0 Å². The van der Waals surface area contributed by atoms with E-state index in [4.69, 9.17) is 4.98 Å². The van der Waals surface area contributed by atoms with Crippen molar-refractivity contribution in [1.29, 1.82) is 0 Å². The first-order valence-electron chi connectivity index (χ1n) is 5.99. The van der Waals surface area contributed by atoms with Crippen LogP contribution in [-0.4, -0.2) is 9.97 Å². The average Bonchev–Trinajstić information content (AvgIpc) is 2.76. The van der Waals surface area contributed by atoms with Crippen molar-refractivity contribution in [2.45, 2.75) is 38.0 Å². The van der Waals surface area contributed by atoms with Crippen LogP contribution in [-0.2, 0) is 0 Å². The van der Waals surface area contributed by atoms with Gasteiger partial charge in [-0.25, -0.2) is 4.98 Å². The maximum Gasteiger partial charge on any atom is 0.110 e. The highest BCUT2D eigenvalue weighted by Crippen LogP contribution is 2.32. The highest BCUT2D eigenvalue weighted by atomic mass is 127. The first kappa shape index (κ1) is 10.6. The van der Waals surface area contributed by atoms with Crippen LogP contribution >= 0.6 is 22.6 Å². The summed E-state index contributed by atoms with van der Waals surface area (Å²) in [5, 5.41) is 0. The Labute approximate surface area is 109 Å². The molecule has 1 aromatic heterocycles. The summed E-state index contributed by atoms with van der Waals surface area (Å²) in [5.41, 5.74) is 2.33. The second kappa shape index (κ2) is 4.35. The number of halogens is 1. The van der Waals surface area contributed by atoms with E-state index in [1.54, 1.807) is 0 Å². The Morgan fingerprint density at radius 3 is 2.75 bits per heavy atom. The number of rotatable bonds is 1. The lowest BCUT2D eigenvalue weighted by Crippen LogP contribution is -2.05. The average molecular weight is 326 g/mol. The van der Waals surface area contributed by atoms with Crippen molar-refractivity contribution in [2.24, 2.45) is 0 Å². The molecule has 1 heterocycles. The van der Waals surface area contributed by atoms with E-state index in [0.717, 1.165) is 5.52 Å². The third-order valence-electron chi connectivity index (χ3n) is 3.47. The molecule has 2 aromatic rings. The summed E-state index contributed by atoms with van der Waals surface area (Å²) in [6.45, 7) is 0. The Balaban J connectivity index is 2.01. The molecule has 1 aliphatic carbocycles. The molecule has 0 aliphatic heterocycles. The maximum absolute atomic E-state index is 4.77. The van der Waals surface area contributed by atoms with E-state index in [2.05, 4.69) is 45.8 Å². The Bertz CT molecular complexity index is 498. The van der Waals surface area contributed by atoms with Crippen LogP contribution in [0.15, 0.2) is 18.2 Å². The van der Waals surface area contributed by atoms with Gasteiger partial charge in [0, 0.05) is 9.49 Å². The Morgan fingerprint density at radius 2 is 2.00 bits per heavy atom. The van der Waals surface area contributed by atoms with Gasteiger partial charge in [0.1, 0.15) is 11.3 Å². The topological polar surface area (TPSA) is 28.7 Å². The van der Waals surface area contributed by atoms with Crippen molar-refractivity contribution >= 4 is 33.6 Å². The second-order valence-electron chi connectivity index (χ2n) is 4.59. The number of para-hydroxylation sites is 1. The summed E-state index contributed by atoms with van der Waals surface area (Å²) in [6, 6.07) is 6.33. The molecule has 1 aliphatic rings. The predicted octanol–water partition coefficient (Wildman–Crippen LogP) is 4.22. The Kier molecular flexibility index (Phi) is 2.88. The lowest BCUT2D eigenvalue weighted by Gasteiger charge is -2.18. The smallest absolute Gasteiger partial charge is 0.110 e. The monoisotopic (exact) mass is 326 g/mol. The van der Waals surface area contributed by atoms with E-state index in [1.807, 2.05) is 0 Å². The second-order valence-corrected chi connectivity index (χ2v) is 5.76. The number of aromatic nitrogens is 2. The van der Waals surface area contributed by atoms with Gasteiger partial charge in [-0.3, -0.25) is 0 Å². The Hall–Kier alpha value is -0.580. The lowest BCUT2D eigenvalue weighted by molar-refractivity contribution is 0.431. The summed E-state index contributed by atoms with van der Waals surface area (Å²) in [4.78, 5) is 8.26. The Morgan fingerprint density at radius 1 is 1.19 bits per heavy atom. The number of imidazole rings is 1. The van der Waals surface area contributed by atoms with E-state index >= 15 is 0 Å². The minimum atomic E-state index is 0.664. The number of nitrogens with zero attached hydrogens (tertiary/aromatic N) is 1. The van der Waals surface area contributed by atoms with Crippen molar-refractivity contribution in [1.82, 2.24) is 9.97 Å². The zero-order chi connectivity index (χ0) is 11.0. The van der Waals surface area contributed by atoms with Crippen LogP contribution in [0, 0.1) is 3.57 Å². The van der Waals surface area contributed by atoms with Gasteiger partial charge in [0.2, 0.25) is 0 Å². The normalized spacial score (nSPS) is 18.1. The van der Waals surface area contributed by atoms with Gasteiger partial charge in [0.25, 0.3) is 0 Å². The number of benzene rings is 1. The highest BCUT2D eigenvalue weighted by molar-refractivity contribution is 14.1. The number of aromatic amines is 1. The van der Waals surface area contributed by atoms with Crippen molar-refractivity contribution in [2.75, 3.05) is 0 Å². The zero-order valence-corrected chi connectivity index (χ0v) is 11.3. The first-order chi connectivity index (χ1) is 7.84. The minimum Gasteiger partial charge on any atom is -0.342 e. The fourth-order valence-electron chi connectivity index (χ4n) is 2.59. The maximum atomic E-state index is 4.77. The van der Waals surface area contributed by atoms with Gasteiger partial charge >= 0.3 is 0 Å². The predicted molar refractivity (Wildman–Crippen MR) is 74.6 cm³/mol. The van der Waals surface area contributed by atoms with Gasteiger partial charge in [-0.15, -0.1) is 0 Å². The van der Waals surface area contributed by atoms with Crippen LogP contribution < -0.4 is 0 Å². The molecule has 16 heavy (non-hydrogen) atoms. The molecule has 0 radical (unpaired) electrons. The van der Waals surface area contributed by atoms with E-state index in [1.165, 1.54) is 47.0 Å². The highest BCUT2D eigenvalue weighted by Gasteiger charge is 2.19. The van der Waals surface area contributed by atoms with Crippen molar-refractivity contribution in [3.05, 3.63) is 27.6 Å². The third kappa shape index (κ3) is 1.85. The molecule has 1 saturated carbocycles.